The van der Waals surface area contributed by atoms with Gasteiger partial charge in [0.2, 0.25) is 0 Å². The van der Waals surface area contributed by atoms with Crippen molar-refractivity contribution in [2.45, 2.75) is 31.7 Å². The summed E-state index contributed by atoms with van der Waals surface area (Å²) in [6.45, 7) is 5.63. The molecule has 0 spiro atoms. The molecule has 104 valence electrons. The van der Waals surface area contributed by atoms with Crippen molar-refractivity contribution < 1.29 is 9.47 Å². The van der Waals surface area contributed by atoms with Crippen LogP contribution in [0.1, 0.15) is 13.8 Å². The summed E-state index contributed by atoms with van der Waals surface area (Å²) in [6, 6.07) is 0. The van der Waals surface area contributed by atoms with E-state index in [0.717, 1.165) is 16.1 Å². The van der Waals surface area contributed by atoms with E-state index in [2.05, 4.69) is 15.1 Å². The molecule has 0 saturated heterocycles. The van der Waals surface area contributed by atoms with E-state index in [0.29, 0.717) is 19.8 Å². The van der Waals surface area contributed by atoms with Crippen molar-refractivity contribution in [3.05, 3.63) is 12.5 Å². The van der Waals surface area contributed by atoms with Gasteiger partial charge in [-0.15, -0.1) is 11.8 Å². The van der Waals surface area contributed by atoms with Gasteiger partial charge in [-0.2, -0.15) is 5.10 Å². The minimum atomic E-state index is -0.300. The number of aromatic nitrogens is 4. The van der Waals surface area contributed by atoms with Crippen LogP contribution in [0.5, 0.6) is 0 Å². The molecule has 2 heterocycles. The smallest absolute Gasteiger partial charge is 0.177 e. The van der Waals surface area contributed by atoms with E-state index in [4.69, 9.17) is 9.47 Å². The Morgan fingerprint density at radius 1 is 1.26 bits per heavy atom. The van der Waals surface area contributed by atoms with Crippen molar-refractivity contribution in [3.63, 3.8) is 0 Å². The van der Waals surface area contributed by atoms with Crippen LogP contribution in [-0.4, -0.2) is 45.5 Å². The fourth-order valence-electron chi connectivity index (χ4n) is 1.83. The van der Waals surface area contributed by atoms with E-state index >= 15 is 0 Å². The molecule has 7 heteroatoms. The molecule has 6 nitrogen and oxygen atoms in total. The number of fused-ring (bicyclic) bond motifs is 1. The van der Waals surface area contributed by atoms with Crippen LogP contribution in [0.3, 0.4) is 0 Å². The van der Waals surface area contributed by atoms with Gasteiger partial charge in [-0.05, 0) is 20.1 Å². The molecule has 0 saturated carbocycles. The Morgan fingerprint density at radius 3 is 2.63 bits per heavy atom. The standard InChI is InChI=1S/C12H18N4O2S/c1-4-17-10(18-5-2)7-16-11-9(6-15-16)12(19-3)14-8-13-11/h6,8,10H,4-5,7H2,1-3H3. The van der Waals surface area contributed by atoms with Crippen LogP contribution in [-0.2, 0) is 16.0 Å². The molecular formula is C12H18N4O2S. The Hall–Kier alpha value is -1.18. The molecule has 19 heavy (non-hydrogen) atoms. The van der Waals surface area contributed by atoms with Gasteiger partial charge < -0.3 is 9.47 Å². The summed E-state index contributed by atoms with van der Waals surface area (Å²) in [5.74, 6) is 0. The quantitative estimate of drug-likeness (QED) is 0.439. The first-order chi connectivity index (χ1) is 9.30. The van der Waals surface area contributed by atoms with Crippen LogP contribution in [0.2, 0.25) is 0 Å². The maximum absolute atomic E-state index is 5.53. The Balaban J connectivity index is 2.25. The average Bonchev–Trinajstić information content (AvgIpc) is 2.82. The molecule has 0 amide bonds. The topological polar surface area (TPSA) is 62.1 Å². The lowest BCUT2D eigenvalue weighted by molar-refractivity contribution is -0.144. The Bertz CT molecular complexity index is 525. The zero-order valence-electron chi connectivity index (χ0n) is 11.4. The predicted octanol–water partition coefficient (Wildman–Crippen LogP) is 1.95. The number of rotatable bonds is 7. The lowest BCUT2D eigenvalue weighted by Crippen LogP contribution is -2.24. The molecule has 0 fully saturated rings. The molecule has 0 N–H and O–H groups in total. The van der Waals surface area contributed by atoms with E-state index in [1.807, 2.05) is 20.1 Å². The summed E-state index contributed by atoms with van der Waals surface area (Å²) in [5.41, 5.74) is 0.809. The molecule has 0 aliphatic heterocycles. The average molecular weight is 282 g/mol. The first-order valence-electron chi connectivity index (χ1n) is 6.23. The number of hydrogen-bond acceptors (Lipinski definition) is 6. The fraction of sp³-hybridized carbons (Fsp3) is 0.583. The molecule has 2 aromatic rings. The summed E-state index contributed by atoms with van der Waals surface area (Å²) < 4.78 is 12.9. The molecule has 0 aliphatic rings. The first kappa shape index (κ1) is 14.2. The fourth-order valence-corrected chi connectivity index (χ4v) is 2.35. The summed E-state index contributed by atoms with van der Waals surface area (Å²) >= 11 is 1.58. The molecule has 2 rings (SSSR count). The number of nitrogens with zero attached hydrogens (tertiary/aromatic N) is 4. The Labute approximate surface area is 116 Å². The molecule has 0 unspecified atom stereocenters. The third kappa shape index (κ3) is 3.23. The third-order valence-corrected chi connectivity index (χ3v) is 3.33. The molecule has 0 atom stereocenters. The molecule has 0 aromatic carbocycles. The Morgan fingerprint density at radius 2 is 2.00 bits per heavy atom. The van der Waals surface area contributed by atoms with Crippen LogP contribution in [0.25, 0.3) is 11.0 Å². The number of hydrogen-bond donors (Lipinski definition) is 0. The highest BCUT2D eigenvalue weighted by Gasteiger charge is 2.14. The summed E-state index contributed by atoms with van der Waals surface area (Å²) in [4.78, 5) is 8.51. The normalized spacial score (nSPS) is 11.6. The van der Waals surface area contributed by atoms with Crippen LogP contribution >= 0.6 is 11.8 Å². The number of ether oxygens (including phenoxy) is 2. The van der Waals surface area contributed by atoms with E-state index in [-0.39, 0.29) is 6.29 Å². The van der Waals surface area contributed by atoms with Crippen molar-refractivity contribution in [2.75, 3.05) is 19.5 Å². The zero-order valence-corrected chi connectivity index (χ0v) is 12.2. The van der Waals surface area contributed by atoms with Crippen LogP contribution in [0.4, 0.5) is 0 Å². The second-order valence-electron chi connectivity index (χ2n) is 3.79. The second-order valence-corrected chi connectivity index (χ2v) is 4.58. The predicted molar refractivity (Wildman–Crippen MR) is 74.1 cm³/mol. The Kier molecular flexibility index (Phi) is 5.12. The van der Waals surface area contributed by atoms with Crippen molar-refractivity contribution >= 4 is 22.8 Å². The van der Waals surface area contributed by atoms with Crippen LogP contribution < -0.4 is 0 Å². The molecule has 0 bridgehead atoms. The van der Waals surface area contributed by atoms with Crippen molar-refractivity contribution in [1.82, 2.24) is 19.7 Å². The summed E-state index contributed by atoms with van der Waals surface area (Å²) in [6.07, 6.45) is 5.03. The lowest BCUT2D eigenvalue weighted by Gasteiger charge is -2.16. The lowest BCUT2D eigenvalue weighted by atomic mass is 10.4. The van der Waals surface area contributed by atoms with Gasteiger partial charge in [-0.25, -0.2) is 14.6 Å². The molecular weight excluding hydrogens is 264 g/mol. The van der Waals surface area contributed by atoms with Gasteiger partial charge in [-0.1, -0.05) is 0 Å². The first-order valence-corrected chi connectivity index (χ1v) is 7.46. The van der Waals surface area contributed by atoms with E-state index < -0.39 is 0 Å². The van der Waals surface area contributed by atoms with Crippen molar-refractivity contribution in [2.24, 2.45) is 0 Å². The van der Waals surface area contributed by atoms with Gasteiger partial charge in [0.15, 0.2) is 11.9 Å². The zero-order chi connectivity index (χ0) is 13.7. The molecule has 0 aliphatic carbocycles. The maximum Gasteiger partial charge on any atom is 0.177 e. The SMILES string of the molecule is CCOC(Cn1ncc2c(SC)ncnc21)OCC. The highest BCUT2D eigenvalue weighted by molar-refractivity contribution is 7.98. The third-order valence-electron chi connectivity index (χ3n) is 2.62. The summed E-state index contributed by atoms with van der Waals surface area (Å²) in [5, 5.41) is 6.24. The van der Waals surface area contributed by atoms with Crippen LogP contribution in [0.15, 0.2) is 17.6 Å². The van der Waals surface area contributed by atoms with Gasteiger partial charge in [0.25, 0.3) is 0 Å². The van der Waals surface area contributed by atoms with E-state index in [1.165, 1.54) is 0 Å². The van der Waals surface area contributed by atoms with Crippen LogP contribution in [0, 0.1) is 0 Å². The van der Waals surface area contributed by atoms with Gasteiger partial charge in [0.1, 0.15) is 11.4 Å². The summed E-state index contributed by atoms with van der Waals surface area (Å²) in [7, 11) is 0. The highest BCUT2D eigenvalue weighted by atomic mass is 32.2. The second kappa shape index (κ2) is 6.83. The number of thioether (sulfide) groups is 1. The largest absolute Gasteiger partial charge is 0.351 e. The maximum atomic E-state index is 5.53. The van der Waals surface area contributed by atoms with Crippen molar-refractivity contribution in [3.8, 4) is 0 Å². The minimum absolute atomic E-state index is 0.300. The highest BCUT2D eigenvalue weighted by Crippen LogP contribution is 2.22. The van der Waals surface area contributed by atoms with E-state index in [1.54, 1.807) is 29.0 Å². The molecule has 2 aromatic heterocycles. The monoisotopic (exact) mass is 282 g/mol. The molecule has 0 radical (unpaired) electrons. The van der Waals surface area contributed by atoms with Gasteiger partial charge in [0, 0.05) is 13.2 Å². The van der Waals surface area contributed by atoms with Gasteiger partial charge >= 0.3 is 0 Å². The van der Waals surface area contributed by atoms with Crippen molar-refractivity contribution in [1.29, 1.82) is 0 Å². The van der Waals surface area contributed by atoms with Gasteiger partial charge in [-0.3, -0.25) is 0 Å². The van der Waals surface area contributed by atoms with E-state index in [9.17, 15) is 0 Å². The van der Waals surface area contributed by atoms with Gasteiger partial charge in [0.05, 0.1) is 18.1 Å². The minimum Gasteiger partial charge on any atom is -0.351 e.